The maximum Gasteiger partial charge on any atom is 0.178 e. The van der Waals surface area contributed by atoms with E-state index >= 15 is 0 Å². The molecular formula is C14H21FN2O2. The Morgan fingerprint density at radius 3 is 2.84 bits per heavy atom. The Morgan fingerprint density at radius 2 is 2.21 bits per heavy atom. The zero-order valence-electron chi connectivity index (χ0n) is 11.3. The number of hydrogen-bond donors (Lipinski definition) is 2. The molecule has 0 amide bonds. The highest BCUT2D eigenvalue weighted by molar-refractivity contribution is 5.24. The average Bonchev–Trinajstić information content (AvgIpc) is 2.37. The van der Waals surface area contributed by atoms with E-state index in [1.807, 2.05) is 4.90 Å². The van der Waals surface area contributed by atoms with Crippen molar-refractivity contribution in [2.75, 3.05) is 19.6 Å². The predicted octanol–water partition coefficient (Wildman–Crippen LogP) is 1.21. The van der Waals surface area contributed by atoms with Crippen LogP contribution in [0.1, 0.15) is 13.8 Å². The van der Waals surface area contributed by atoms with E-state index in [1.54, 1.807) is 25.1 Å². The fraction of sp³-hybridized carbons (Fsp3) is 0.571. The Kier molecular flexibility index (Phi) is 4.74. The molecular weight excluding hydrogens is 247 g/mol. The molecule has 1 heterocycles. The lowest BCUT2D eigenvalue weighted by atomic mass is 10.2. The molecule has 3 unspecified atom stereocenters. The second kappa shape index (κ2) is 6.32. The molecule has 0 aromatic heterocycles. The minimum atomic E-state index is -0.690. The van der Waals surface area contributed by atoms with Gasteiger partial charge in [-0.2, -0.15) is 0 Å². The van der Waals surface area contributed by atoms with Gasteiger partial charge in [-0.1, -0.05) is 12.1 Å². The number of benzene rings is 1. The maximum absolute atomic E-state index is 13.6. The molecule has 0 bridgehead atoms. The quantitative estimate of drug-likeness (QED) is 0.861. The molecule has 3 atom stereocenters. The van der Waals surface area contributed by atoms with Gasteiger partial charge in [-0.15, -0.1) is 0 Å². The van der Waals surface area contributed by atoms with E-state index in [-0.39, 0.29) is 5.75 Å². The van der Waals surface area contributed by atoms with E-state index in [1.165, 1.54) is 6.07 Å². The van der Waals surface area contributed by atoms with E-state index in [4.69, 9.17) is 4.74 Å². The Labute approximate surface area is 113 Å². The molecule has 2 rings (SSSR count). The highest BCUT2D eigenvalue weighted by atomic mass is 19.1. The molecule has 0 radical (unpaired) electrons. The van der Waals surface area contributed by atoms with Gasteiger partial charge in [-0.05, 0) is 26.0 Å². The first-order valence-corrected chi connectivity index (χ1v) is 6.64. The fourth-order valence-corrected chi connectivity index (χ4v) is 2.34. The largest absolute Gasteiger partial charge is 0.469 e. The van der Waals surface area contributed by atoms with Crippen molar-refractivity contribution in [1.29, 1.82) is 0 Å². The zero-order valence-corrected chi connectivity index (χ0v) is 11.3. The van der Waals surface area contributed by atoms with Crippen LogP contribution in [0.15, 0.2) is 24.3 Å². The smallest absolute Gasteiger partial charge is 0.178 e. The monoisotopic (exact) mass is 268 g/mol. The molecule has 1 aliphatic heterocycles. The molecule has 0 aliphatic carbocycles. The number of nitrogens with one attached hydrogen (secondary N) is 1. The van der Waals surface area contributed by atoms with Gasteiger partial charge in [0, 0.05) is 25.7 Å². The molecule has 106 valence electrons. The van der Waals surface area contributed by atoms with Gasteiger partial charge in [0.25, 0.3) is 0 Å². The molecule has 1 saturated heterocycles. The van der Waals surface area contributed by atoms with Crippen molar-refractivity contribution in [3.05, 3.63) is 30.1 Å². The number of rotatable bonds is 4. The highest BCUT2D eigenvalue weighted by Crippen LogP contribution is 2.20. The summed E-state index contributed by atoms with van der Waals surface area (Å²) in [7, 11) is 0. The number of para-hydroxylation sites is 1. The third kappa shape index (κ3) is 3.65. The number of halogens is 1. The van der Waals surface area contributed by atoms with Crippen LogP contribution >= 0.6 is 0 Å². The van der Waals surface area contributed by atoms with Crippen LogP contribution in [0.3, 0.4) is 0 Å². The van der Waals surface area contributed by atoms with Gasteiger partial charge in [0.15, 0.2) is 17.8 Å². The second-order valence-corrected chi connectivity index (χ2v) is 5.03. The maximum atomic E-state index is 13.6. The summed E-state index contributed by atoms with van der Waals surface area (Å²) in [6, 6.07) is 6.61. The van der Waals surface area contributed by atoms with Gasteiger partial charge in [-0.3, -0.25) is 4.90 Å². The van der Waals surface area contributed by atoms with Crippen LogP contribution in [0.2, 0.25) is 0 Å². The van der Waals surface area contributed by atoms with E-state index in [2.05, 4.69) is 12.2 Å². The summed E-state index contributed by atoms with van der Waals surface area (Å²) in [5.41, 5.74) is 0. The number of piperazine rings is 1. The summed E-state index contributed by atoms with van der Waals surface area (Å²) in [6.45, 7) is 6.12. The fourth-order valence-electron chi connectivity index (χ4n) is 2.34. The molecule has 1 aromatic rings. The van der Waals surface area contributed by atoms with Gasteiger partial charge < -0.3 is 15.2 Å². The molecule has 5 heteroatoms. The van der Waals surface area contributed by atoms with Crippen LogP contribution in [0.5, 0.6) is 5.75 Å². The first-order chi connectivity index (χ1) is 9.08. The molecule has 1 fully saturated rings. The lowest BCUT2D eigenvalue weighted by Gasteiger charge is -2.38. The highest BCUT2D eigenvalue weighted by Gasteiger charge is 2.29. The van der Waals surface area contributed by atoms with Crippen molar-refractivity contribution in [3.63, 3.8) is 0 Å². The standard InChI is InChI=1S/C14H21FN2O2/c1-10-9-17(8-7-16-10)14(11(2)18)19-13-6-4-3-5-12(13)15/h3-6,10-11,14,16,18H,7-9H2,1-2H3. The lowest BCUT2D eigenvalue weighted by molar-refractivity contribution is -0.0688. The SMILES string of the molecule is CC1CN(C(Oc2ccccc2F)C(C)O)CCN1. The van der Waals surface area contributed by atoms with Crippen LogP contribution in [-0.4, -0.2) is 48.0 Å². The minimum absolute atomic E-state index is 0.180. The lowest BCUT2D eigenvalue weighted by Crippen LogP contribution is -2.57. The molecule has 4 nitrogen and oxygen atoms in total. The van der Waals surface area contributed by atoms with E-state index in [9.17, 15) is 9.50 Å². The van der Waals surface area contributed by atoms with Crippen molar-refractivity contribution in [2.45, 2.75) is 32.2 Å². The topological polar surface area (TPSA) is 44.7 Å². The van der Waals surface area contributed by atoms with Crippen molar-refractivity contribution >= 4 is 0 Å². The third-order valence-corrected chi connectivity index (χ3v) is 3.26. The van der Waals surface area contributed by atoms with Crippen LogP contribution in [0.25, 0.3) is 0 Å². The van der Waals surface area contributed by atoms with Crippen molar-refractivity contribution in [3.8, 4) is 5.75 Å². The number of ether oxygens (including phenoxy) is 1. The van der Waals surface area contributed by atoms with E-state index in [0.29, 0.717) is 6.04 Å². The van der Waals surface area contributed by atoms with Gasteiger partial charge >= 0.3 is 0 Å². The summed E-state index contributed by atoms with van der Waals surface area (Å²) < 4.78 is 19.3. The number of aliphatic hydroxyl groups is 1. The average molecular weight is 268 g/mol. The van der Waals surface area contributed by atoms with Crippen LogP contribution in [-0.2, 0) is 0 Å². The first-order valence-electron chi connectivity index (χ1n) is 6.64. The number of aliphatic hydroxyl groups excluding tert-OH is 1. The first kappa shape index (κ1) is 14.2. The van der Waals surface area contributed by atoms with Crippen molar-refractivity contribution in [1.82, 2.24) is 10.2 Å². The van der Waals surface area contributed by atoms with Crippen molar-refractivity contribution < 1.29 is 14.2 Å². The minimum Gasteiger partial charge on any atom is -0.469 e. The van der Waals surface area contributed by atoms with Crippen molar-refractivity contribution in [2.24, 2.45) is 0 Å². The van der Waals surface area contributed by atoms with E-state index in [0.717, 1.165) is 19.6 Å². The molecule has 0 spiro atoms. The number of hydrogen-bond acceptors (Lipinski definition) is 4. The Morgan fingerprint density at radius 1 is 1.47 bits per heavy atom. The van der Waals surface area contributed by atoms with E-state index < -0.39 is 18.1 Å². The van der Waals surface area contributed by atoms with Gasteiger partial charge in [0.2, 0.25) is 0 Å². The summed E-state index contributed by atoms with van der Waals surface area (Å²) in [4.78, 5) is 2.04. The molecule has 0 saturated carbocycles. The summed E-state index contributed by atoms with van der Waals surface area (Å²) in [5.74, 6) is -0.226. The predicted molar refractivity (Wildman–Crippen MR) is 71.5 cm³/mol. The number of nitrogens with zero attached hydrogens (tertiary/aromatic N) is 1. The van der Waals surface area contributed by atoms with Gasteiger partial charge in [0.05, 0.1) is 0 Å². The van der Waals surface area contributed by atoms with Crippen LogP contribution in [0, 0.1) is 5.82 Å². The zero-order chi connectivity index (χ0) is 13.8. The summed E-state index contributed by atoms with van der Waals surface area (Å²) in [6.07, 6.45) is -1.22. The molecule has 19 heavy (non-hydrogen) atoms. The second-order valence-electron chi connectivity index (χ2n) is 5.03. The third-order valence-electron chi connectivity index (χ3n) is 3.26. The Hall–Kier alpha value is -1.17. The van der Waals surface area contributed by atoms with Crippen LogP contribution in [0.4, 0.5) is 4.39 Å². The van der Waals surface area contributed by atoms with Gasteiger partial charge in [-0.25, -0.2) is 4.39 Å². The molecule has 2 N–H and O–H groups in total. The Bertz CT molecular complexity index is 414. The normalized spacial score (nSPS) is 23.9. The van der Waals surface area contributed by atoms with Crippen LogP contribution < -0.4 is 10.1 Å². The van der Waals surface area contributed by atoms with Gasteiger partial charge in [0.1, 0.15) is 6.10 Å². The Balaban J connectivity index is 2.10. The summed E-state index contributed by atoms with van der Waals surface area (Å²) >= 11 is 0. The molecule has 1 aromatic carbocycles. The summed E-state index contributed by atoms with van der Waals surface area (Å²) in [5, 5.41) is 13.2. The molecule has 1 aliphatic rings.